The second kappa shape index (κ2) is 5.45. The van der Waals surface area contributed by atoms with E-state index < -0.39 is 0 Å². The Balaban J connectivity index is 1.81. The summed E-state index contributed by atoms with van der Waals surface area (Å²) in [5.74, 6) is 1.35. The minimum absolute atomic E-state index is 0.296. The summed E-state index contributed by atoms with van der Waals surface area (Å²) in [6.07, 6.45) is 0. The molecule has 1 aromatic carbocycles. The second-order valence-electron chi connectivity index (χ2n) is 3.82. The van der Waals surface area contributed by atoms with Crippen molar-refractivity contribution in [3.63, 3.8) is 0 Å². The Bertz CT molecular complexity index is 731. The van der Waals surface area contributed by atoms with Crippen LogP contribution in [-0.4, -0.2) is 9.97 Å². The average molecular weight is 356 g/mol. The highest BCUT2D eigenvalue weighted by atomic mass is 79.9. The van der Waals surface area contributed by atoms with Gasteiger partial charge in [0.05, 0.1) is 0 Å². The summed E-state index contributed by atoms with van der Waals surface area (Å²) in [5, 5.41) is 3.31. The highest BCUT2D eigenvalue weighted by Gasteiger charge is 2.07. The lowest BCUT2D eigenvalue weighted by atomic mass is 10.3. The molecule has 0 atom stereocenters. The monoisotopic (exact) mass is 354 g/mol. The molecule has 0 spiro atoms. The Morgan fingerprint density at radius 2 is 2.16 bits per heavy atom. The molecule has 3 aromatic rings. The topological polar surface area (TPSA) is 35.0 Å². The van der Waals surface area contributed by atoms with Crippen LogP contribution in [0, 0.1) is 0 Å². The molecule has 0 fully saturated rings. The van der Waals surface area contributed by atoms with E-state index in [0.717, 1.165) is 20.4 Å². The third-order valence-corrected chi connectivity index (χ3v) is 4.08. The molecule has 0 saturated heterocycles. The molecule has 0 aliphatic heterocycles. The van der Waals surface area contributed by atoms with Gasteiger partial charge in [-0.15, -0.1) is 11.3 Å². The molecule has 6 heteroatoms. The summed E-state index contributed by atoms with van der Waals surface area (Å²) in [4.78, 5) is 9.54. The van der Waals surface area contributed by atoms with Crippen LogP contribution in [0.2, 0.25) is 5.15 Å². The summed E-state index contributed by atoms with van der Waals surface area (Å²) in [6, 6.07) is 9.55. The van der Waals surface area contributed by atoms with Crippen molar-refractivity contribution in [2.45, 2.75) is 6.61 Å². The van der Waals surface area contributed by atoms with Crippen LogP contribution in [0.3, 0.4) is 0 Å². The maximum Gasteiger partial charge on any atom is 0.169 e. The van der Waals surface area contributed by atoms with E-state index in [4.69, 9.17) is 16.3 Å². The van der Waals surface area contributed by atoms with E-state index in [9.17, 15) is 0 Å². The van der Waals surface area contributed by atoms with E-state index in [-0.39, 0.29) is 0 Å². The SMILES string of the molecule is Clc1nc(COc2cccc(Br)c2)nc2sccc12. The predicted molar refractivity (Wildman–Crippen MR) is 80.9 cm³/mol. The van der Waals surface area contributed by atoms with Gasteiger partial charge in [-0.05, 0) is 29.6 Å². The summed E-state index contributed by atoms with van der Waals surface area (Å²) < 4.78 is 6.61. The first kappa shape index (κ1) is 12.8. The third kappa shape index (κ3) is 2.88. The number of rotatable bonds is 3. The van der Waals surface area contributed by atoms with Gasteiger partial charge in [-0.1, -0.05) is 33.6 Å². The summed E-state index contributed by atoms with van der Waals surface area (Å²) in [7, 11) is 0. The molecule has 0 saturated carbocycles. The normalized spacial score (nSPS) is 10.8. The number of nitrogens with zero attached hydrogens (tertiary/aromatic N) is 2. The van der Waals surface area contributed by atoms with Gasteiger partial charge in [0.25, 0.3) is 0 Å². The van der Waals surface area contributed by atoms with Crippen LogP contribution in [0.5, 0.6) is 5.75 Å². The fourth-order valence-electron chi connectivity index (χ4n) is 1.63. The Morgan fingerprint density at radius 1 is 1.26 bits per heavy atom. The zero-order valence-corrected chi connectivity index (χ0v) is 12.8. The number of benzene rings is 1. The number of hydrogen-bond acceptors (Lipinski definition) is 4. The largest absolute Gasteiger partial charge is 0.486 e. The van der Waals surface area contributed by atoms with Crippen molar-refractivity contribution in [1.29, 1.82) is 0 Å². The summed E-state index contributed by atoms with van der Waals surface area (Å²) in [6.45, 7) is 0.296. The van der Waals surface area contributed by atoms with Crippen molar-refractivity contribution in [2.24, 2.45) is 0 Å². The lowest BCUT2D eigenvalue weighted by Crippen LogP contribution is -2.01. The molecule has 0 amide bonds. The molecule has 19 heavy (non-hydrogen) atoms. The van der Waals surface area contributed by atoms with Gasteiger partial charge in [0.1, 0.15) is 22.3 Å². The number of hydrogen-bond donors (Lipinski definition) is 0. The van der Waals surface area contributed by atoms with Gasteiger partial charge >= 0.3 is 0 Å². The van der Waals surface area contributed by atoms with Crippen LogP contribution in [-0.2, 0) is 6.61 Å². The van der Waals surface area contributed by atoms with Crippen molar-refractivity contribution in [3.05, 3.63) is 51.2 Å². The maximum atomic E-state index is 6.10. The Hall–Kier alpha value is -1.17. The molecule has 2 aromatic heterocycles. The van der Waals surface area contributed by atoms with Crippen LogP contribution in [0.4, 0.5) is 0 Å². The predicted octanol–water partition coefficient (Wildman–Crippen LogP) is 4.69. The molecule has 0 radical (unpaired) electrons. The first-order chi connectivity index (χ1) is 9.22. The lowest BCUT2D eigenvalue weighted by Gasteiger charge is -2.06. The number of aromatic nitrogens is 2. The van der Waals surface area contributed by atoms with Gasteiger partial charge in [-0.3, -0.25) is 0 Å². The van der Waals surface area contributed by atoms with Crippen molar-refractivity contribution < 1.29 is 4.74 Å². The fourth-order valence-corrected chi connectivity index (χ4v) is 3.10. The number of thiophene rings is 1. The molecule has 3 rings (SSSR count). The van der Waals surface area contributed by atoms with E-state index in [1.54, 1.807) is 11.3 Å². The van der Waals surface area contributed by atoms with Crippen LogP contribution in [0.15, 0.2) is 40.2 Å². The average Bonchev–Trinajstić information content (AvgIpc) is 2.85. The highest BCUT2D eigenvalue weighted by molar-refractivity contribution is 9.10. The Labute approximate surface area is 127 Å². The molecule has 2 heterocycles. The number of halogens is 2. The van der Waals surface area contributed by atoms with Gasteiger partial charge in [0.15, 0.2) is 5.82 Å². The van der Waals surface area contributed by atoms with E-state index in [1.165, 1.54) is 0 Å². The first-order valence-electron chi connectivity index (χ1n) is 5.50. The van der Waals surface area contributed by atoms with Crippen molar-refractivity contribution in [1.82, 2.24) is 9.97 Å². The van der Waals surface area contributed by atoms with E-state index in [0.29, 0.717) is 17.6 Å². The Morgan fingerprint density at radius 3 is 3.00 bits per heavy atom. The van der Waals surface area contributed by atoms with E-state index in [1.807, 2.05) is 35.7 Å². The minimum Gasteiger partial charge on any atom is -0.486 e. The van der Waals surface area contributed by atoms with Crippen LogP contribution >= 0.6 is 38.9 Å². The zero-order chi connectivity index (χ0) is 13.2. The van der Waals surface area contributed by atoms with Crippen molar-refractivity contribution in [2.75, 3.05) is 0 Å². The lowest BCUT2D eigenvalue weighted by molar-refractivity contribution is 0.296. The van der Waals surface area contributed by atoms with E-state index >= 15 is 0 Å². The van der Waals surface area contributed by atoms with Gasteiger partial charge in [0, 0.05) is 9.86 Å². The van der Waals surface area contributed by atoms with Crippen molar-refractivity contribution >= 4 is 49.1 Å². The molecule has 0 bridgehead atoms. The highest BCUT2D eigenvalue weighted by Crippen LogP contribution is 2.25. The van der Waals surface area contributed by atoms with Crippen LogP contribution in [0.25, 0.3) is 10.2 Å². The quantitative estimate of drug-likeness (QED) is 0.640. The maximum absolute atomic E-state index is 6.10. The van der Waals surface area contributed by atoms with Gasteiger partial charge in [0.2, 0.25) is 0 Å². The first-order valence-corrected chi connectivity index (χ1v) is 7.55. The zero-order valence-electron chi connectivity index (χ0n) is 9.64. The second-order valence-corrected chi connectivity index (χ2v) is 5.98. The van der Waals surface area contributed by atoms with E-state index in [2.05, 4.69) is 25.9 Å². The molecule has 0 aliphatic rings. The van der Waals surface area contributed by atoms with Gasteiger partial charge in [-0.2, -0.15) is 0 Å². The fraction of sp³-hybridized carbons (Fsp3) is 0.0769. The van der Waals surface area contributed by atoms with Gasteiger partial charge < -0.3 is 4.74 Å². The molecule has 96 valence electrons. The van der Waals surface area contributed by atoms with Gasteiger partial charge in [-0.25, -0.2) is 9.97 Å². The van der Waals surface area contributed by atoms with Crippen LogP contribution < -0.4 is 4.74 Å². The minimum atomic E-state index is 0.296. The van der Waals surface area contributed by atoms with Crippen molar-refractivity contribution in [3.8, 4) is 5.75 Å². The van der Waals surface area contributed by atoms with Crippen LogP contribution in [0.1, 0.15) is 5.82 Å². The molecular formula is C13H8BrClN2OS. The molecular weight excluding hydrogens is 348 g/mol. The standard InChI is InChI=1S/C13H8BrClN2OS/c14-8-2-1-3-9(6-8)18-7-11-16-12(15)10-4-5-19-13(10)17-11/h1-6H,7H2. The molecule has 0 aliphatic carbocycles. The third-order valence-electron chi connectivity index (χ3n) is 2.49. The summed E-state index contributed by atoms with van der Waals surface area (Å²) in [5.41, 5.74) is 0. The molecule has 0 unspecified atom stereocenters. The number of ether oxygens (including phenoxy) is 1. The molecule has 0 N–H and O–H groups in total. The number of fused-ring (bicyclic) bond motifs is 1. The smallest absolute Gasteiger partial charge is 0.169 e. The molecule has 3 nitrogen and oxygen atoms in total. The Kier molecular flexibility index (Phi) is 3.68. The summed E-state index contributed by atoms with van der Waals surface area (Å²) >= 11 is 11.0.